The molecule has 16 nitrogen and oxygen atoms in total. The number of carbonyl (C=O) groups is 3. The third-order valence-corrected chi connectivity index (χ3v) is 11.0. The van der Waals surface area contributed by atoms with Crippen LogP contribution in [-0.2, 0) is 9.59 Å². The fourth-order valence-electron chi connectivity index (χ4n) is 7.98. The van der Waals surface area contributed by atoms with E-state index in [1.807, 2.05) is 18.2 Å². The molecular formula is C39H44N10O6. The fourth-order valence-corrected chi connectivity index (χ4v) is 7.98. The van der Waals surface area contributed by atoms with Crippen molar-refractivity contribution >= 4 is 56.9 Å². The lowest BCUT2D eigenvalue weighted by molar-refractivity contribution is -0.135. The van der Waals surface area contributed by atoms with E-state index in [0.29, 0.717) is 40.3 Å². The minimum absolute atomic E-state index is 0.220. The van der Waals surface area contributed by atoms with Crippen LogP contribution >= 0.6 is 0 Å². The molecule has 2 aromatic carbocycles. The van der Waals surface area contributed by atoms with Crippen LogP contribution in [0.3, 0.4) is 0 Å². The van der Waals surface area contributed by atoms with Crippen LogP contribution in [0.5, 0.6) is 5.75 Å². The summed E-state index contributed by atoms with van der Waals surface area (Å²) in [5.41, 5.74) is 3.90. The van der Waals surface area contributed by atoms with Crippen molar-refractivity contribution in [3.05, 3.63) is 77.2 Å². The van der Waals surface area contributed by atoms with Crippen LogP contribution in [-0.4, -0.2) is 91.8 Å². The summed E-state index contributed by atoms with van der Waals surface area (Å²) in [4.78, 5) is 58.2. The summed E-state index contributed by atoms with van der Waals surface area (Å²) >= 11 is 0. The summed E-state index contributed by atoms with van der Waals surface area (Å²) in [5.74, 6) is 0.250. The summed E-state index contributed by atoms with van der Waals surface area (Å²) in [6.07, 6.45) is 13.7. The number of H-pyrrole nitrogens is 1. The van der Waals surface area contributed by atoms with E-state index < -0.39 is 17.7 Å². The molecular weight excluding hydrogens is 704 g/mol. The molecule has 1 saturated carbocycles. The molecule has 6 aromatic rings. The first-order valence-corrected chi connectivity index (χ1v) is 18.9. The zero-order valence-electron chi connectivity index (χ0n) is 30.7. The predicted molar refractivity (Wildman–Crippen MR) is 205 cm³/mol. The van der Waals surface area contributed by atoms with Gasteiger partial charge in [0, 0.05) is 50.2 Å². The predicted octanol–water partition coefficient (Wildman–Crippen LogP) is 4.53. The number of rotatable bonds is 8. The number of aromatic amines is 1. The number of hydrogen-bond acceptors (Lipinski definition) is 11. The van der Waals surface area contributed by atoms with Gasteiger partial charge in [0.2, 0.25) is 11.8 Å². The van der Waals surface area contributed by atoms with Gasteiger partial charge in [-0.1, -0.05) is 38.2 Å². The average molecular weight is 749 g/mol. The summed E-state index contributed by atoms with van der Waals surface area (Å²) in [5, 5.41) is 16.9. The average Bonchev–Trinajstić information content (AvgIpc) is 3.94. The normalized spacial score (nSPS) is 18.3. The smallest absolute Gasteiger partial charge is 0.420 e. The van der Waals surface area contributed by atoms with Crippen molar-refractivity contribution in [1.29, 1.82) is 0 Å². The number of hydrogen-bond donors (Lipinski definition) is 3. The molecule has 0 spiro atoms. The Morgan fingerprint density at radius 2 is 1.84 bits per heavy atom. The SMILES string of the molecule is COc1cc2[nH]ncc2cc1C(=O)Nc1cnc2cccnn12.O=C1CCC(n2c(=O)oc3c(N4CCN(CCC5CCCCC5)CC4)cccc32)C(=O)N1. The van der Waals surface area contributed by atoms with E-state index in [4.69, 9.17) is 9.15 Å². The number of piperidine rings is 1. The van der Waals surface area contributed by atoms with Crippen LogP contribution < -0.4 is 26.0 Å². The number of nitrogens with zero attached hydrogens (tertiary/aromatic N) is 7. The topological polar surface area (TPSA) is 185 Å². The van der Waals surface area contributed by atoms with Gasteiger partial charge in [0.15, 0.2) is 17.0 Å². The number of anilines is 2. The zero-order chi connectivity index (χ0) is 37.9. The van der Waals surface area contributed by atoms with Crippen molar-refractivity contribution in [2.24, 2.45) is 5.92 Å². The first-order chi connectivity index (χ1) is 26.9. The van der Waals surface area contributed by atoms with Crippen molar-refractivity contribution in [3.63, 3.8) is 0 Å². The van der Waals surface area contributed by atoms with E-state index >= 15 is 0 Å². The first kappa shape index (κ1) is 36.0. The molecule has 3 amide bonds. The molecule has 2 aliphatic heterocycles. The molecule has 3 fully saturated rings. The lowest BCUT2D eigenvalue weighted by Gasteiger charge is -2.36. The fraction of sp³-hybridized carbons (Fsp3) is 0.410. The van der Waals surface area contributed by atoms with Gasteiger partial charge in [-0.3, -0.25) is 34.3 Å². The molecule has 9 rings (SSSR count). The number of methoxy groups -OCH3 is 1. The molecule has 1 aliphatic carbocycles. The van der Waals surface area contributed by atoms with Gasteiger partial charge in [0.1, 0.15) is 11.8 Å². The van der Waals surface area contributed by atoms with Crippen molar-refractivity contribution < 1.29 is 23.5 Å². The molecule has 0 bridgehead atoms. The highest BCUT2D eigenvalue weighted by Crippen LogP contribution is 2.31. The molecule has 1 unspecified atom stereocenters. The number of nitrogens with one attached hydrogen (secondary N) is 3. The Morgan fingerprint density at radius 3 is 2.64 bits per heavy atom. The minimum atomic E-state index is -0.715. The Balaban J connectivity index is 0.000000164. The zero-order valence-corrected chi connectivity index (χ0v) is 30.7. The number of benzene rings is 2. The Kier molecular flexibility index (Phi) is 10.3. The summed E-state index contributed by atoms with van der Waals surface area (Å²) in [6, 6.07) is 12.0. The Labute approximate surface area is 315 Å². The number of imidazole rings is 1. The standard InChI is InChI=1S/C24H32N4O4.C15H12N6O2/c29-21-10-9-20(23(30)25-21)28-19-8-4-7-18(22(19)32-24(28)31)27-15-13-26(14-16-27)12-11-17-5-2-1-3-6-17;1-23-12-6-11-9(7-17-20-11)5-10(12)15(22)19-14-8-16-13-3-2-4-18-21(13)14/h4,7-8,17,20H,1-3,5-6,9-16H2,(H,25,29,30);2-8H,1H3,(H,17,20)(H,19,22). The van der Waals surface area contributed by atoms with Crippen LogP contribution in [0.1, 0.15) is 67.8 Å². The highest BCUT2D eigenvalue weighted by molar-refractivity contribution is 6.08. The largest absolute Gasteiger partial charge is 0.496 e. The van der Waals surface area contributed by atoms with Gasteiger partial charge < -0.3 is 19.4 Å². The maximum Gasteiger partial charge on any atom is 0.420 e. The van der Waals surface area contributed by atoms with Crippen LogP contribution in [0, 0.1) is 5.92 Å². The summed E-state index contributed by atoms with van der Waals surface area (Å²) in [6.45, 7) is 4.94. The lowest BCUT2D eigenvalue weighted by Crippen LogP contribution is -2.47. The molecule has 6 heterocycles. The Morgan fingerprint density at radius 1 is 1.00 bits per heavy atom. The van der Waals surface area contributed by atoms with E-state index in [-0.39, 0.29) is 18.2 Å². The third kappa shape index (κ3) is 7.54. The second-order valence-corrected chi connectivity index (χ2v) is 14.4. The molecule has 3 N–H and O–H groups in total. The monoisotopic (exact) mass is 748 g/mol. The first-order valence-electron chi connectivity index (χ1n) is 18.9. The molecule has 55 heavy (non-hydrogen) atoms. The number of piperazine rings is 1. The van der Waals surface area contributed by atoms with Gasteiger partial charge >= 0.3 is 5.76 Å². The highest BCUT2D eigenvalue weighted by atomic mass is 16.5. The molecule has 4 aromatic heterocycles. The minimum Gasteiger partial charge on any atom is -0.496 e. The highest BCUT2D eigenvalue weighted by Gasteiger charge is 2.32. The maximum absolute atomic E-state index is 12.7. The number of imide groups is 1. The summed E-state index contributed by atoms with van der Waals surface area (Å²) in [7, 11) is 1.52. The molecule has 1 atom stereocenters. The quantitative estimate of drug-likeness (QED) is 0.186. The number of fused-ring (bicyclic) bond motifs is 3. The molecule has 3 aliphatic rings. The van der Waals surface area contributed by atoms with E-state index in [0.717, 1.165) is 48.7 Å². The molecule has 286 valence electrons. The van der Waals surface area contributed by atoms with Crippen molar-refractivity contribution in [1.82, 2.24) is 39.6 Å². The third-order valence-electron chi connectivity index (χ3n) is 11.0. The van der Waals surface area contributed by atoms with Gasteiger partial charge in [0.25, 0.3) is 5.91 Å². The van der Waals surface area contributed by atoms with Gasteiger partial charge in [-0.25, -0.2) is 9.78 Å². The van der Waals surface area contributed by atoms with E-state index in [1.165, 1.54) is 56.7 Å². The number of para-hydroxylation sites is 1. The Bertz CT molecular complexity index is 2400. The van der Waals surface area contributed by atoms with E-state index in [9.17, 15) is 19.2 Å². The summed E-state index contributed by atoms with van der Waals surface area (Å²) < 4.78 is 13.9. The van der Waals surface area contributed by atoms with Crippen LogP contribution in [0.2, 0.25) is 0 Å². The second kappa shape index (κ2) is 15.8. The van der Waals surface area contributed by atoms with Crippen molar-refractivity contribution in [3.8, 4) is 5.75 Å². The van der Waals surface area contributed by atoms with Crippen LogP contribution in [0.4, 0.5) is 11.5 Å². The van der Waals surface area contributed by atoms with Crippen LogP contribution in [0.25, 0.3) is 27.6 Å². The molecule has 2 saturated heterocycles. The van der Waals surface area contributed by atoms with E-state index in [2.05, 4.69) is 40.7 Å². The van der Waals surface area contributed by atoms with E-state index in [1.54, 1.807) is 47.4 Å². The number of ether oxygens (including phenoxy) is 1. The molecule has 16 heteroatoms. The number of carbonyl (C=O) groups excluding carboxylic acids is 3. The Hall–Kier alpha value is -6.03. The molecule has 0 radical (unpaired) electrons. The maximum atomic E-state index is 12.7. The number of oxazole rings is 1. The second-order valence-electron chi connectivity index (χ2n) is 14.4. The van der Waals surface area contributed by atoms with Gasteiger partial charge in [0.05, 0.1) is 41.8 Å². The van der Waals surface area contributed by atoms with Crippen molar-refractivity contribution in [2.75, 3.05) is 50.1 Å². The van der Waals surface area contributed by atoms with Gasteiger partial charge in [-0.2, -0.15) is 14.7 Å². The van der Waals surface area contributed by atoms with Gasteiger partial charge in [-0.05, 0) is 55.6 Å². The number of aromatic nitrogens is 6. The lowest BCUT2D eigenvalue weighted by atomic mass is 9.87. The van der Waals surface area contributed by atoms with Crippen LogP contribution in [0.15, 0.2) is 70.3 Å². The van der Waals surface area contributed by atoms with Gasteiger partial charge in [-0.15, -0.1) is 0 Å². The van der Waals surface area contributed by atoms with Crippen molar-refractivity contribution in [2.45, 2.75) is 57.4 Å². The number of amides is 3.